The number of benzene rings is 1. The van der Waals surface area contributed by atoms with Gasteiger partial charge in [0.2, 0.25) is 5.91 Å². The van der Waals surface area contributed by atoms with E-state index < -0.39 is 5.60 Å². The molecule has 7 nitrogen and oxygen atoms in total. The fourth-order valence-electron chi connectivity index (χ4n) is 5.97. The van der Waals surface area contributed by atoms with Crippen molar-refractivity contribution in [3.63, 3.8) is 0 Å². The Balaban J connectivity index is 1.48. The second-order valence-corrected chi connectivity index (χ2v) is 12.0. The number of hydrogen-bond donors (Lipinski definition) is 1. The molecule has 0 radical (unpaired) electrons. The molecule has 1 N–H and O–H groups in total. The van der Waals surface area contributed by atoms with Crippen molar-refractivity contribution < 1.29 is 14.3 Å². The van der Waals surface area contributed by atoms with Gasteiger partial charge in [-0.2, -0.15) is 0 Å². The molecule has 0 spiro atoms. The van der Waals surface area contributed by atoms with E-state index in [1.54, 1.807) is 11.8 Å². The third kappa shape index (κ3) is 5.42. The fourth-order valence-corrected chi connectivity index (χ4v) is 5.97. The first-order valence-electron chi connectivity index (χ1n) is 13.8. The Kier molecular flexibility index (Phi) is 6.97. The Morgan fingerprint density at radius 3 is 2.50 bits per heavy atom. The smallest absolute Gasteiger partial charge is 0.410 e. The Hall–Kier alpha value is -3.35. The predicted octanol–water partition coefficient (Wildman–Crippen LogP) is 6.35. The number of ether oxygens (including phenoxy) is 1. The van der Waals surface area contributed by atoms with E-state index in [4.69, 9.17) is 9.72 Å². The van der Waals surface area contributed by atoms with Crippen LogP contribution in [0.1, 0.15) is 76.7 Å². The highest BCUT2D eigenvalue weighted by molar-refractivity contribution is 5.94. The lowest BCUT2D eigenvalue weighted by Crippen LogP contribution is -2.51. The van der Waals surface area contributed by atoms with Crippen LogP contribution in [0.4, 0.5) is 16.3 Å². The van der Waals surface area contributed by atoms with Crippen LogP contribution < -0.4 is 10.2 Å². The first-order chi connectivity index (χ1) is 18.0. The van der Waals surface area contributed by atoms with E-state index in [9.17, 15) is 9.59 Å². The maximum atomic E-state index is 13.0. The second kappa shape index (κ2) is 10.1. The molecule has 0 bridgehead atoms. The van der Waals surface area contributed by atoms with Crippen molar-refractivity contribution >= 4 is 29.1 Å². The summed E-state index contributed by atoms with van der Waals surface area (Å²) in [6, 6.07) is 12.7. The molecule has 38 heavy (non-hydrogen) atoms. The van der Waals surface area contributed by atoms with Gasteiger partial charge in [0.15, 0.2) is 0 Å². The lowest BCUT2D eigenvalue weighted by Gasteiger charge is -2.46. The number of anilines is 2. The minimum absolute atomic E-state index is 0.0305. The number of carbonyl (C=O) groups is 2. The van der Waals surface area contributed by atoms with Gasteiger partial charge in [0.1, 0.15) is 11.4 Å². The lowest BCUT2D eigenvalue weighted by atomic mass is 9.79. The van der Waals surface area contributed by atoms with Crippen LogP contribution in [0.2, 0.25) is 0 Å². The first-order valence-corrected chi connectivity index (χ1v) is 13.8. The van der Waals surface area contributed by atoms with Crippen molar-refractivity contribution in [1.29, 1.82) is 0 Å². The maximum absolute atomic E-state index is 13.0. The van der Waals surface area contributed by atoms with Crippen LogP contribution in [-0.2, 0) is 9.53 Å². The summed E-state index contributed by atoms with van der Waals surface area (Å²) in [7, 11) is 0. The van der Waals surface area contributed by atoms with E-state index in [2.05, 4.69) is 36.5 Å². The molecule has 3 atom stereocenters. The predicted molar refractivity (Wildman–Crippen MR) is 151 cm³/mol. The third-order valence-electron chi connectivity index (χ3n) is 7.85. The zero-order valence-corrected chi connectivity index (χ0v) is 23.5. The van der Waals surface area contributed by atoms with Gasteiger partial charge in [-0.1, -0.05) is 25.1 Å². The highest BCUT2D eigenvalue weighted by Gasteiger charge is 2.47. The van der Waals surface area contributed by atoms with Crippen molar-refractivity contribution in [2.75, 3.05) is 23.3 Å². The van der Waals surface area contributed by atoms with Gasteiger partial charge < -0.3 is 19.9 Å². The average Bonchev–Trinajstić information content (AvgIpc) is 3.69. The summed E-state index contributed by atoms with van der Waals surface area (Å²) in [6.45, 7) is 12.8. The molecule has 1 aromatic carbocycles. The normalized spacial score (nSPS) is 23.4. The Bertz CT molecular complexity index is 1260. The van der Waals surface area contributed by atoms with Crippen molar-refractivity contribution in [3.05, 3.63) is 59.3 Å². The van der Waals surface area contributed by atoms with E-state index >= 15 is 0 Å². The molecule has 1 aromatic heterocycles. The van der Waals surface area contributed by atoms with E-state index in [0.29, 0.717) is 19.0 Å². The second-order valence-electron chi connectivity index (χ2n) is 12.0. The van der Waals surface area contributed by atoms with Crippen LogP contribution in [0.5, 0.6) is 0 Å². The monoisotopic (exact) mass is 516 g/mol. The van der Waals surface area contributed by atoms with Crippen molar-refractivity contribution in [1.82, 2.24) is 9.88 Å². The summed E-state index contributed by atoms with van der Waals surface area (Å²) < 4.78 is 5.56. The van der Waals surface area contributed by atoms with Gasteiger partial charge in [-0.25, -0.2) is 9.78 Å². The van der Waals surface area contributed by atoms with E-state index in [0.717, 1.165) is 34.7 Å². The van der Waals surface area contributed by atoms with Crippen LogP contribution in [-0.4, -0.2) is 46.6 Å². The van der Waals surface area contributed by atoms with Crippen LogP contribution >= 0.6 is 0 Å². The summed E-state index contributed by atoms with van der Waals surface area (Å²) in [5.41, 5.74) is 4.93. The van der Waals surface area contributed by atoms with E-state index in [1.165, 1.54) is 18.4 Å². The van der Waals surface area contributed by atoms with E-state index in [1.807, 2.05) is 50.8 Å². The Morgan fingerprint density at radius 2 is 1.89 bits per heavy atom. The minimum atomic E-state index is -0.509. The molecule has 2 aromatic rings. The maximum Gasteiger partial charge on any atom is 0.410 e. The molecule has 1 aliphatic carbocycles. The van der Waals surface area contributed by atoms with Gasteiger partial charge in [-0.05, 0) is 93.8 Å². The summed E-state index contributed by atoms with van der Waals surface area (Å²) in [5, 5.41) is 3.74. The molecule has 2 amide bonds. The highest BCUT2D eigenvalue weighted by Crippen LogP contribution is 2.50. The minimum Gasteiger partial charge on any atom is -0.444 e. The first kappa shape index (κ1) is 26.3. The number of pyridine rings is 1. The zero-order valence-electron chi connectivity index (χ0n) is 23.5. The number of nitrogens with one attached hydrogen (secondary N) is 1. The fraction of sp³-hybridized carbons (Fsp3) is 0.516. The molecule has 202 valence electrons. The number of hydrogen-bond acceptors (Lipinski definition) is 5. The van der Waals surface area contributed by atoms with Crippen LogP contribution in [0, 0.1) is 18.8 Å². The van der Waals surface area contributed by atoms with Crippen molar-refractivity contribution in [2.24, 2.45) is 11.8 Å². The van der Waals surface area contributed by atoms with Gasteiger partial charge in [0, 0.05) is 43.4 Å². The number of nitrogens with zero attached hydrogens (tertiary/aromatic N) is 3. The van der Waals surface area contributed by atoms with Gasteiger partial charge in [-0.3, -0.25) is 4.79 Å². The van der Waals surface area contributed by atoms with Crippen LogP contribution in [0.25, 0.3) is 5.57 Å². The van der Waals surface area contributed by atoms with Gasteiger partial charge in [0.25, 0.3) is 0 Å². The zero-order chi connectivity index (χ0) is 27.2. The Labute approximate surface area is 226 Å². The molecule has 5 rings (SSSR count). The van der Waals surface area contributed by atoms with Gasteiger partial charge in [-0.15, -0.1) is 0 Å². The quantitative estimate of drug-likeness (QED) is 0.513. The molecule has 0 saturated heterocycles. The molecule has 2 aliphatic heterocycles. The number of amides is 2. The standard InChI is InChI=1S/C31H40N4O3/c1-19-8-7-9-27(32-19)33-28-20(2)29(23-10-11-23)35(21(3)36)26-13-12-24(18-25(26)28)22-14-16-34(17-15-22)30(37)38-31(4,5)6/h7-9,12-14,18,20,23,28-29H,10-11,15-17H2,1-6H3,(H,32,33)/t20-,28-,29-/m1/s1. The molecule has 3 aliphatic rings. The molecular formula is C31H40N4O3. The lowest BCUT2D eigenvalue weighted by molar-refractivity contribution is -0.117. The number of carbonyl (C=O) groups excluding carboxylic acids is 2. The highest BCUT2D eigenvalue weighted by atomic mass is 16.6. The largest absolute Gasteiger partial charge is 0.444 e. The number of aromatic nitrogens is 1. The van der Waals surface area contributed by atoms with E-state index in [-0.39, 0.29) is 30.0 Å². The molecule has 7 heteroatoms. The Morgan fingerprint density at radius 1 is 1.13 bits per heavy atom. The molecule has 1 fully saturated rings. The van der Waals surface area contributed by atoms with Gasteiger partial charge in [0.05, 0.1) is 6.04 Å². The van der Waals surface area contributed by atoms with Crippen molar-refractivity contribution in [3.8, 4) is 0 Å². The van der Waals surface area contributed by atoms with Crippen molar-refractivity contribution in [2.45, 2.75) is 78.5 Å². The number of fused-ring (bicyclic) bond motifs is 1. The molecule has 3 heterocycles. The summed E-state index contributed by atoms with van der Waals surface area (Å²) in [5.74, 6) is 1.71. The number of rotatable bonds is 4. The average molecular weight is 517 g/mol. The molecular weight excluding hydrogens is 476 g/mol. The summed E-state index contributed by atoms with van der Waals surface area (Å²) in [6.07, 6.45) is 4.95. The molecule has 0 unspecified atom stereocenters. The molecule has 1 saturated carbocycles. The summed E-state index contributed by atoms with van der Waals surface area (Å²) >= 11 is 0. The van der Waals surface area contributed by atoms with Crippen LogP contribution in [0.15, 0.2) is 42.5 Å². The van der Waals surface area contributed by atoms with Gasteiger partial charge >= 0.3 is 6.09 Å². The summed E-state index contributed by atoms with van der Waals surface area (Å²) in [4.78, 5) is 34.0. The SMILES string of the molecule is CC(=O)N1c2ccc(C3=CCN(C(=O)OC(C)(C)C)CC3)cc2[C@H](Nc2cccc(C)n2)[C@@H](C)[C@@H]1C1CC1. The third-order valence-corrected chi connectivity index (χ3v) is 7.85. The number of aryl methyl sites for hydroxylation is 1. The van der Waals surface area contributed by atoms with Crippen LogP contribution in [0.3, 0.4) is 0 Å². The topological polar surface area (TPSA) is 74.8 Å².